The van der Waals surface area contributed by atoms with Crippen LogP contribution >= 0.6 is 0 Å². The first-order chi connectivity index (χ1) is 63.2. The van der Waals surface area contributed by atoms with Crippen molar-refractivity contribution in [3.8, 4) is 0 Å². The van der Waals surface area contributed by atoms with Gasteiger partial charge in [0.25, 0.3) is 65.0 Å². The number of hydrogen-bond acceptors (Lipinski definition) is 38. The van der Waals surface area contributed by atoms with Crippen LogP contribution in [0.2, 0.25) is 0 Å². The number of ketones is 2. The van der Waals surface area contributed by atoms with Gasteiger partial charge in [0.1, 0.15) is 56.6 Å². The van der Waals surface area contributed by atoms with Crippen molar-refractivity contribution in [1.29, 1.82) is 5.41 Å². The Kier molecular flexibility index (Phi) is 56.1. The maximum absolute atomic E-state index is 15.4. The first-order valence-corrected chi connectivity index (χ1v) is 42.7. The van der Waals surface area contributed by atoms with Crippen molar-refractivity contribution in [1.82, 2.24) is 117 Å². The summed E-state index contributed by atoms with van der Waals surface area (Å²) in [5.74, 6) is -26.8. The van der Waals surface area contributed by atoms with Crippen LogP contribution in [0.15, 0.2) is 12.2 Å². The second kappa shape index (κ2) is 63.2. The molecule has 22 atom stereocenters. The maximum Gasteiger partial charge on any atom is 0.305 e. The molecular formula is C79H130N28O27. The van der Waals surface area contributed by atoms with E-state index in [1.54, 1.807) is 27.7 Å². The molecule has 0 aromatic rings. The number of carbonyl (C=O) groups excluding carboxylic acids is 25. The molecule has 0 unspecified atom stereocenters. The molecule has 0 radical (unpaired) electrons. The van der Waals surface area contributed by atoms with E-state index in [1.165, 1.54) is 33.8 Å². The number of hydrogen-bond donors (Lipinski definition) is 28. The number of Topliss-reactive ketones (excluding diaryl/α,β-unsaturated/α-hetero) is 2. The summed E-state index contributed by atoms with van der Waals surface area (Å²) in [6.07, 6.45) is -19.8. The number of nitrogens with two attached hydrogens (primary N) is 5. The minimum atomic E-state index is -2.63. The van der Waals surface area contributed by atoms with Gasteiger partial charge in [-0.2, -0.15) is 0 Å². The fourth-order valence-electron chi connectivity index (χ4n) is 12.3. The summed E-state index contributed by atoms with van der Waals surface area (Å²) >= 11 is 0. The molecule has 0 aliphatic carbocycles. The fourth-order valence-corrected chi connectivity index (χ4v) is 12.3. The Morgan fingerprint density at radius 3 is 1.34 bits per heavy atom. The van der Waals surface area contributed by atoms with Crippen LogP contribution < -0.4 is 140 Å². The van der Waals surface area contributed by atoms with Gasteiger partial charge in [0.15, 0.2) is 85.1 Å². The number of carboxylic acids is 1. The van der Waals surface area contributed by atoms with Gasteiger partial charge >= 0.3 is 5.97 Å². The standard InChI is InChI=1S/C79H130N28O27/c1-11-40(7)48(36-115)95-66(76(132)99-59(87-24-26-108)70(126)101-60(69(125)86-10)94-47(35-114)28-54(121)122)106-77(133)67(96-49(37-116)41(8)12-2)105-72(128)61(89-42(9)30-109)102-75(131)65(93-46(34-113)27-38(3)4)104-74(130)64(92-45(33-112)20-22-52(82)119)103-73(129)63(90-43(31-110)17-16-23-88-79(84)85)100-68(124)57(50(117)29-80)107-25-15-13-14-18-53(120)97-62(91-44(32-111)19-21-51(81)118)71(127)98-56(78(107)134)58(123)55(83)39(5)6/h13,15,26,30-49,55-57,59-67,87,89-96H,11-12,14,16-25,27-29,80,83H2,1-10H3,(H2,81,118)(H2,82,119)(H,86,125)(H,97,120)(H,98,127)(H,99,132)(H,100,124)(H,101,126)(H,102,131)(H,103,129)(H,104,130)(H,105,128)(H,106,133)(H,121,122)(H4,84,85,88)/t40-,41-,42+,43-,44-,45-,46-,47-,48+,49+,55+,56+,57+,59-,60-,61-,62-,63-,64-,65-,66-,67-/m1/s1. The predicted octanol–water partition coefficient (Wildman–Crippen LogP) is -14.7. The summed E-state index contributed by atoms with van der Waals surface area (Å²) in [6.45, 7) is 10.6. The van der Waals surface area contributed by atoms with Crippen molar-refractivity contribution < 1.29 is 130 Å². The van der Waals surface area contributed by atoms with Gasteiger partial charge in [-0.05, 0) is 69.1 Å². The highest BCUT2D eigenvalue weighted by Crippen LogP contribution is 2.16. The molecule has 0 fully saturated rings. The number of amides is 14. The first kappa shape index (κ1) is 119. The van der Waals surface area contributed by atoms with Crippen LogP contribution in [0.4, 0.5) is 0 Å². The van der Waals surface area contributed by atoms with E-state index in [1.807, 2.05) is 0 Å². The zero-order valence-electron chi connectivity index (χ0n) is 75.9. The number of likely N-dealkylation sites (N-methyl/N-ethyl adjacent to an activating group) is 1. The number of aliphatic carboxylic acids is 1. The molecule has 1 rings (SSSR count). The molecular weight excluding hydrogens is 1770 g/mol. The molecule has 134 heavy (non-hydrogen) atoms. The number of nitrogens with one attached hydrogen (secondary N) is 22. The van der Waals surface area contributed by atoms with Crippen LogP contribution in [-0.2, 0) is 125 Å². The minimum absolute atomic E-state index is 0.0870. The van der Waals surface area contributed by atoms with Gasteiger partial charge in [-0.15, -0.1) is 0 Å². The lowest BCUT2D eigenvalue weighted by Crippen LogP contribution is -2.70. The number of rotatable bonds is 68. The van der Waals surface area contributed by atoms with E-state index in [0.29, 0.717) is 17.5 Å². The number of nitrogens with zero attached hydrogens (tertiary/aromatic N) is 1. The maximum atomic E-state index is 15.4. The highest BCUT2D eigenvalue weighted by atomic mass is 16.4. The highest BCUT2D eigenvalue weighted by molar-refractivity contribution is 6.15. The van der Waals surface area contributed by atoms with E-state index in [2.05, 4.69) is 112 Å². The molecule has 1 aliphatic heterocycles. The van der Waals surface area contributed by atoms with Gasteiger partial charge in [-0.1, -0.05) is 80.4 Å². The van der Waals surface area contributed by atoms with Crippen LogP contribution in [0.25, 0.3) is 0 Å². The number of carboxylic acid groups (broad SMARTS) is 1. The Morgan fingerprint density at radius 2 is 0.940 bits per heavy atom. The zero-order chi connectivity index (χ0) is 102. The van der Waals surface area contributed by atoms with E-state index < -0.39 is 304 Å². The van der Waals surface area contributed by atoms with E-state index in [-0.39, 0.29) is 95.5 Å². The van der Waals surface area contributed by atoms with Gasteiger partial charge in [0.05, 0.1) is 73.9 Å². The second-order valence-corrected chi connectivity index (χ2v) is 31.7. The van der Waals surface area contributed by atoms with Crippen molar-refractivity contribution >= 4 is 163 Å². The third-order valence-electron chi connectivity index (χ3n) is 20.2. The second-order valence-electron chi connectivity index (χ2n) is 31.7. The van der Waals surface area contributed by atoms with Gasteiger partial charge < -0.3 is 146 Å². The molecule has 0 aromatic heterocycles. The molecule has 33 N–H and O–H groups in total. The molecule has 1 aliphatic rings. The summed E-state index contributed by atoms with van der Waals surface area (Å²) in [6, 6.07) is -19.0. The number of carbonyl (C=O) groups is 26. The van der Waals surface area contributed by atoms with E-state index >= 15 is 33.6 Å². The topological polar surface area (TPSA) is 874 Å². The summed E-state index contributed by atoms with van der Waals surface area (Å²) in [5, 5.41) is 66.1. The lowest BCUT2D eigenvalue weighted by atomic mass is 9.94. The SMILES string of the molecule is CC[C@@H](C)[C@H](C=O)N[C@H](NC(=O)[C@@H](NC(=O)[C@@H](NC(=O)[C@@H](NC(=O)[C@@H](NC(=O)[C@@H](NC(=O)[C@H](C(=O)CN)N1CC=CCCC(=O)N[C@@H](N[C@@H](C=O)CCC(N)=O)C(=O)N[C@@H](C(=O)[C@@H](N)C(C)C)C1=O)N[C@@H](C=O)CCCNC(=N)N)N[C@@H](C=O)CCC(N)=O)N[C@@H](C=O)CC(C)C)N[C@@H](C)C=O)N[C@@H](C=O)[C@H](C)CC)C(=O)N[C@@H](NCC=O)C(=O)N[C@@H](N[C@@H](C=O)CC(=O)O)C(=O)NC. The number of allylic oxidation sites excluding steroid dienone is 1. The highest BCUT2D eigenvalue weighted by Gasteiger charge is 2.46. The van der Waals surface area contributed by atoms with Gasteiger partial charge in [0.2, 0.25) is 17.7 Å². The average molecular weight is 1900 g/mol. The lowest BCUT2D eigenvalue weighted by Gasteiger charge is -2.34. The summed E-state index contributed by atoms with van der Waals surface area (Å²) in [5.41, 5.74) is 28.5. The van der Waals surface area contributed by atoms with Crippen molar-refractivity contribution in [2.24, 2.45) is 52.3 Å². The van der Waals surface area contributed by atoms with Crippen molar-refractivity contribution in [2.75, 3.05) is 33.2 Å². The molecule has 0 bridgehead atoms. The molecule has 55 heteroatoms. The average Bonchev–Trinajstić information content (AvgIpc) is 0.979. The molecule has 0 saturated carbocycles. The Bertz CT molecular complexity index is 4110. The lowest BCUT2D eigenvalue weighted by molar-refractivity contribution is -0.151. The molecule has 748 valence electrons. The Balaban J connectivity index is 4.63. The van der Waals surface area contributed by atoms with Crippen LogP contribution in [0, 0.1) is 29.1 Å². The number of guanidine groups is 1. The minimum Gasteiger partial charge on any atom is -0.481 e. The van der Waals surface area contributed by atoms with Crippen molar-refractivity contribution in [2.45, 2.75) is 261 Å². The summed E-state index contributed by atoms with van der Waals surface area (Å²) in [7, 11) is 1.09. The smallest absolute Gasteiger partial charge is 0.305 e. The van der Waals surface area contributed by atoms with Crippen LogP contribution in [0.1, 0.15) is 139 Å². The Morgan fingerprint density at radius 1 is 0.522 bits per heavy atom. The quantitative estimate of drug-likeness (QED) is 0.00511. The fraction of sp³-hybridized carbons (Fsp3) is 0.633. The molecule has 0 spiro atoms. The van der Waals surface area contributed by atoms with E-state index in [4.69, 9.17) is 34.1 Å². The molecule has 0 aromatic carbocycles. The van der Waals surface area contributed by atoms with Crippen LogP contribution in [0.5, 0.6) is 0 Å². The predicted molar refractivity (Wildman–Crippen MR) is 469 cm³/mol. The molecule has 0 saturated heterocycles. The van der Waals surface area contributed by atoms with Crippen LogP contribution in [-0.4, -0.2) is 328 Å². The third-order valence-corrected chi connectivity index (χ3v) is 20.2. The first-order valence-electron chi connectivity index (χ1n) is 42.7. The Labute approximate surface area is 770 Å². The van der Waals surface area contributed by atoms with Gasteiger partial charge in [0, 0.05) is 39.4 Å². The number of aldehydes is 9. The van der Waals surface area contributed by atoms with Crippen LogP contribution in [0.3, 0.4) is 0 Å². The number of primary amides is 2. The zero-order valence-corrected chi connectivity index (χ0v) is 75.9. The van der Waals surface area contributed by atoms with Crippen molar-refractivity contribution in [3.63, 3.8) is 0 Å². The monoisotopic (exact) mass is 1900 g/mol. The van der Waals surface area contributed by atoms with Crippen molar-refractivity contribution in [3.05, 3.63) is 12.2 Å². The summed E-state index contributed by atoms with van der Waals surface area (Å²) in [4.78, 5) is 355. The van der Waals surface area contributed by atoms with Gasteiger partial charge in [-0.3, -0.25) is 135 Å². The van der Waals surface area contributed by atoms with Gasteiger partial charge in [-0.25, -0.2) is 0 Å². The Hall–Kier alpha value is -13.0. The molecule has 1 heterocycles. The summed E-state index contributed by atoms with van der Waals surface area (Å²) < 4.78 is 0. The third kappa shape index (κ3) is 43.1. The van der Waals surface area contributed by atoms with E-state index in [0.717, 1.165) is 20.0 Å². The molecule has 55 nitrogen and oxygen atoms in total. The van der Waals surface area contributed by atoms with E-state index in [9.17, 15) is 96.2 Å². The molecule has 14 amide bonds. The largest absolute Gasteiger partial charge is 0.481 e. The normalized spacial score (nSPS) is 18.0.